The van der Waals surface area contributed by atoms with Gasteiger partial charge in [-0.15, -0.1) is 0 Å². The maximum absolute atomic E-state index is 11.2. The summed E-state index contributed by atoms with van der Waals surface area (Å²) < 4.78 is 0. The molecule has 2 N–H and O–H groups in total. The summed E-state index contributed by atoms with van der Waals surface area (Å²) in [6.45, 7) is 6.61. The third kappa shape index (κ3) is 3.15. The first-order valence-electron chi connectivity index (χ1n) is 7.04. The second-order valence-electron chi connectivity index (χ2n) is 5.43. The van der Waals surface area contributed by atoms with E-state index in [4.69, 9.17) is 0 Å². The Morgan fingerprint density at radius 3 is 2.65 bits per heavy atom. The number of rotatable bonds is 6. The maximum Gasteiger partial charge on any atom is 0.332 e. The van der Waals surface area contributed by atoms with Crippen molar-refractivity contribution < 1.29 is 4.92 Å². The molecular weight excluding hydrogens is 258 g/mol. The molecule has 1 aliphatic rings. The summed E-state index contributed by atoms with van der Waals surface area (Å²) in [5.74, 6) is 1.45. The summed E-state index contributed by atoms with van der Waals surface area (Å²) in [6.07, 6.45) is 3.00. The minimum absolute atomic E-state index is 0.0217. The van der Waals surface area contributed by atoms with Crippen LogP contribution in [0, 0.1) is 23.0 Å². The van der Waals surface area contributed by atoms with Crippen molar-refractivity contribution >= 4 is 17.5 Å². The van der Waals surface area contributed by atoms with Crippen molar-refractivity contribution in [2.75, 3.05) is 17.2 Å². The smallest absolute Gasteiger partial charge is 0.332 e. The van der Waals surface area contributed by atoms with Crippen LogP contribution in [0.25, 0.3) is 0 Å². The molecule has 1 heterocycles. The molecule has 0 amide bonds. The van der Waals surface area contributed by atoms with E-state index in [0.29, 0.717) is 23.4 Å². The lowest BCUT2D eigenvalue weighted by atomic mass is 9.82. The monoisotopic (exact) mass is 279 g/mol. The lowest BCUT2D eigenvalue weighted by molar-refractivity contribution is -0.385. The van der Waals surface area contributed by atoms with Crippen LogP contribution in [-0.2, 0) is 0 Å². The normalized spacial score (nSPS) is 21.1. The first-order chi connectivity index (χ1) is 9.51. The number of nitro groups is 1. The average molecular weight is 279 g/mol. The first kappa shape index (κ1) is 14.5. The van der Waals surface area contributed by atoms with Gasteiger partial charge in [-0.25, -0.2) is 4.98 Å². The fourth-order valence-corrected chi connectivity index (χ4v) is 2.42. The van der Waals surface area contributed by atoms with Crippen molar-refractivity contribution in [3.05, 3.63) is 15.8 Å². The average Bonchev–Trinajstić information content (AvgIpc) is 2.33. The molecule has 1 fully saturated rings. The molecule has 0 aromatic carbocycles. The van der Waals surface area contributed by atoms with Crippen molar-refractivity contribution in [1.29, 1.82) is 0 Å². The topological polar surface area (TPSA) is 93.0 Å². The molecule has 2 rings (SSSR count). The lowest BCUT2D eigenvalue weighted by Gasteiger charge is -2.33. The Bertz CT molecular complexity index is 500. The number of aryl methyl sites for hydroxylation is 1. The highest BCUT2D eigenvalue weighted by Gasteiger charge is 2.29. The standard InChI is InChI=1S/C13H21N5O2/c1-4-5-14-13-15-9(3)11(18(19)20)12(17-13)16-10-6-8(2)7-10/h8,10H,4-7H2,1-3H3,(H2,14,15,16,17). The molecule has 0 spiro atoms. The number of hydrogen-bond acceptors (Lipinski definition) is 6. The Balaban J connectivity index is 2.24. The van der Waals surface area contributed by atoms with Gasteiger partial charge in [0.1, 0.15) is 5.69 Å². The van der Waals surface area contributed by atoms with Crippen LogP contribution in [0.3, 0.4) is 0 Å². The summed E-state index contributed by atoms with van der Waals surface area (Å²) in [5, 5.41) is 17.4. The van der Waals surface area contributed by atoms with Crippen LogP contribution in [0.4, 0.5) is 17.5 Å². The molecule has 1 aromatic rings. The SMILES string of the molecule is CCCNc1nc(C)c([N+](=O)[O-])c(NC2CC(C)C2)n1. The van der Waals surface area contributed by atoms with Gasteiger partial charge in [0.05, 0.1) is 4.92 Å². The van der Waals surface area contributed by atoms with Gasteiger partial charge in [0.25, 0.3) is 0 Å². The van der Waals surface area contributed by atoms with Gasteiger partial charge in [0.2, 0.25) is 11.8 Å². The van der Waals surface area contributed by atoms with Gasteiger partial charge in [-0.2, -0.15) is 4.98 Å². The summed E-state index contributed by atoms with van der Waals surface area (Å²) in [4.78, 5) is 19.2. The van der Waals surface area contributed by atoms with Gasteiger partial charge in [-0.3, -0.25) is 10.1 Å². The number of aromatic nitrogens is 2. The van der Waals surface area contributed by atoms with Crippen LogP contribution in [0.5, 0.6) is 0 Å². The van der Waals surface area contributed by atoms with Crippen LogP contribution in [0.15, 0.2) is 0 Å². The van der Waals surface area contributed by atoms with Crippen LogP contribution in [-0.4, -0.2) is 27.5 Å². The third-order valence-corrected chi connectivity index (χ3v) is 3.49. The van der Waals surface area contributed by atoms with E-state index in [1.54, 1.807) is 6.92 Å². The molecule has 7 heteroatoms. The van der Waals surface area contributed by atoms with Crippen molar-refractivity contribution in [2.24, 2.45) is 5.92 Å². The first-order valence-corrected chi connectivity index (χ1v) is 7.04. The highest BCUT2D eigenvalue weighted by molar-refractivity contribution is 5.61. The summed E-state index contributed by atoms with van der Waals surface area (Å²) >= 11 is 0. The minimum Gasteiger partial charge on any atom is -0.361 e. The molecule has 1 aromatic heterocycles. The van der Waals surface area contributed by atoms with E-state index in [-0.39, 0.29) is 11.7 Å². The maximum atomic E-state index is 11.2. The Labute approximate surface area is 118 Å². The number of hydrogen-bond donors (Lipinski definition) is 2. The molecule has 0 unspecified atom stereocenters. The van der Waals surface area contributed by atoms with Gasteiger partial charge in [0.15, 0.2) is 0 Å². The molecule has 7 nitrogen and oxygen atoms in total. The third-order valence-electron chi connectivity index (χ3n) is 3.49. The quantitative estimate of drug-likeness (QED) is 0.614. The minimum atomic E-state index is -0.413. The second-order valence-corrected chi connectivity index (χ2v) is 5.43. The van der Waals surface area contributed by atoms with Gasteiger partial charge >= 0.3 is 5.69 Å². The molecule has 20 heavy (non-hydrogen) atoms. The zero-order valence-corrected chi connectivity index (χ0v) is 12.1. The molecule has 0 radical (unpaired) electrons. The summed E-state index contributed by atoms with van der Waals surface area (Å²) in [6, 6.07) is 0.275. The Morgan fingerprint density at radius 1 is 1.40 bits per heavy atom. The van der Waals surface area contributed by atoms with Crippen LogP contribution in [0.2, 0.25) is 0 Å². The van der Waals surface area contributed by atoms with Crippen molar-refractivity contribution in [3.8, 4) is 0 Å². The Morgan fingerprint density at radius 2 is 2.10 bits per heavy atom. The van der Waals surface area contributed by atoms with Crippen molar-refractivity contribution in [1.82, 2.24) is 9.97 Å². The van der Waals surface area contributed by atoms with Gasteiger partial charge in [0, 0.05) is 12.6 Å². The fraction of sp³-hybridized carbons (Fsp3) is 0.692. The van der Waals surface area contributed by atoms with Crippen molar-refractivity contribution in [2.45, 2.75) is 46.1 Å². The molecule has 0 aliphatic heterocycles. The number of nitrogens with one attached hydrogen (secondary N) is 2. The fourth-order valence-electron chi connectivity index (χ4n) is 2.42. The van der Waals surface area contributed by atoms with E-state index in [1.165, 1.54) is 0 Å². The molecule has 1 aliphatic carbocycles. The molecule has 0 bridgehead atoms. The summed E-state index contributed by atoms with van der Waals surface area (Å²) in [7, 11) is 0. The largest absolute Gasteiger partial charge is 0.361 e. The second kappa shape index (κ2) is 6.02. The van der Waals surface area contributed by atoms with E-state index in [0.717, 1.165) is 25.8 Å². The van der Waals surface area contributed by atoms with E-state index in [2.05, 4.69) is 27.5 Å². The zero-order valence-electron chi connectivity index (χ0n) is 12.1. The van der Waals surface area contributed by atoms with Crippen LogP contribution < -0.4 is 10.6 Å². The van der Waals surface area contributed by atoms with Gasteiger partial charge in [-0.05, 0) is 32.1 Å². The molecular formula is C13H21N5O2. The van der Waals surface area contributed by atoms with Crippen LogP contribution >= 0.6 is 0 Å². The highest BCUT2D eigenvalue weighted by Crippen LogP contribution is 2.33. The summed E-state index contributed by atoms with van der Waals surface area (Å²) in [5.41, 5.74) is 0.366. The predicted molar refractivity (Wildman–Crippen MR) is 78.0 cm³/mol. The van der Waals surface area contributed by atoms with E-state index >= 15 is 0 Å². The zero-order chi connectivity index (χ0) is 14.7. The van der Waals surface area contributed by atoms with E-state index in [1.807, 2.05) is 6.92 Å². The van der Waals surface area contributed by atoms with Gasteiger partial charge in [-0.1, -0.05) is 13.8 Å². The molecule has 110 valence electrons. The van der Waals surface area contributed by atoms with Crippen LogP contribution in [0.1, 0.15) is 38.8 Å². The van der Waals surface area contributed by atoms with E-state index < -0.39 is 4.92 Å². The van der Waals surface area contributed by atoms with Crippen molar-refractivity contribution in [3.63, 3.8) is 0 Å². The predicted octanol–water partition coefficient (Wildman–Crippen LogP) is 2.73. The highest BCUT2D eigenvalue weighted by atomic mass is 16.6. The van der Waals surface area contributed by atoms with E-state index in [9.17, 15) is 10.1 Å². The van der Waals surface area contributed by atoms with Gasteiger partial charge < -0.3 is 10.6 Å². The molecule has 0 atom stereocenters. The molecule has 0 saturated heterocycles. The Hall–Kier alpha value is -1.92. The number of anilines is 2. The number of nitrogens with zero attached hydrogens (tertiary/aromatic N) is 3. The molecule has 1 saturated carbocycles. The Kier molecular flexibility index (Phi) is 4.36. The lowest BCUT2D eigenvalue weighted by Crippen LogP contribution is -2.34.